The van der Waals surface area contributed by atoms with Crippen molar-refractivity contribution in [2.24, 2.45) is 0 Å². The summed E-state index contributed by atoms with van der Waals surface area (Å²) in [5.41, 5.74) is 0. The van der Waals surface area contributed by atoms with Gasteiger partial charge in [0.1, 0.15) is 4.21 Å². The molecule has 1 aromatic heterocycles. The van der Waals surface area contributed by atoms with Crippen LogP contribution in [-0.2, 0) is 16.6 Å². The maximum absolute atomic E-state index is 12.2. The fourth-order valence-electron chi connectivity index (χ4n) is 2.03. The Morgan fingerprint density at radius 3 is 2.71 bits per heavy atom. The normalized spacial score (nSPS) is 16.0. The first-order valence-electron chi connectivity index (χ1n) is 7.40. The highest BCUT2D eigenvalue weighted by Gasteiger charge is 2.26. The van der Waals surface area contributed by atoms with Crippen LogP contribution in [0.25, 0.3) is 0 Å². The Labute approximate surface area is 131 Å². The monoisotopic (exact) mass is 331 g/mol. The predicted octanol–water partition coefficient (Wildman–Crippen LogP) is 1.62. The van der Waals surface area contributed by atoms with Crippen molar-refractivity contribution in [2.45, 2.75) is 49.5 Å². The van der Waals surface area contributed by atoms with Crippen molar-refractivity contribution < 1.29 is 8.42 Å². The number of likely N-dealkylation sites (N-methyl/N-ethyl adjacent to an activating group) is 1. The Morgan fingerprint density at radius 1 is 1.38 bits per heavy atom. The molecule has 5 nitrogen and oxygen atoms in total. The largest absolute Gasteiger partial charge is 0.310 e. The second-order valence-electron chi connectivity index (χ2n) is 5.87. The van der Waals surface area contributed by atoms with E-state index in [1.807, 2.05) is 13.1 Å². The van der Waals surface area contributed by atoms with Crippen molar-refractivity contribution in [1.82, 2.24) is 14.9 Å². The van der Waals surface area contributed by atoms with Crippen LogP contribution >= 0.6 is 11.3 Å². The SMILES string of the molecule is CC(C)NCc1ccc(S(=O)(=O)NCCN(C)C2CC2)s1. The van der Waals surface area contributed by atoms with Crippen LogP contribution in [0, 0.1) is 0 Å². The molecule has 0 bridgehead atoms. The summed E-state index contributed by atoms with van der Waals surface area (Å²) >= 11 is 1.33. The summed E-state index contributed by atoms with van der Waals surface area (Å²) < 4.78 is 27.5. The molecule has 1 saturated carbocycles. The highest BCUT2D eigenvalue weighted by Crippen LogP contribution is 2.25. The standard InChI is InChI=1S/C14H25N3O2S2/c1-11(2)15-10-13-6-7-14(20-13)21(18,19)16-8-9-17(3)12-4-5-12/h6-7,11-12,15-16H,4-5,8-10H2,1-3H3. The van der Waals surface area contributed by atoms with E-state index in [2.05, 4.69) is 28.8 Å². The summed E-state index contributed by atoms with van der Waals surface area (Å²) in [5.74, 6) is 0. The first-order chi connectivity index (χ1) is 9.88. The van der Waals surface area contributed by atoms with Gasteiger partial charge < -0.3 is 10.2 Å². The zero-order chi connectivity index (χ0) is 15.5. The molecule has 1 fully saturated rings. The maximum Gasteiger partial charge on any atom is 0.250 e. The van der Waals surface area contributed by atoms with Gasteiger partial charge in [0.25, 0.3) is 0 Å². The van der Waals surface area contributed by atoms with Crippen molar-refractivity contribution in [3.8, 4) is 0 Å². The fraction of sp³-hybridized carbons (Fsp3) is 0.714. The van der Waals surface area contributed by atoms with E-state index in [-0.39, 0.29) is 0 Å². The van der Waals surface area contributed by atoms with Crippen LogP contribution in [0.3, 0.4) is 0 Å². The molecule has 120 valence electrons. The lowest BCUT2D eigenvalue weighted by Gasteiger charge is -2.15. The van der Waals surface area contributed by atoms with Crippen molar-refractivity contribution in [3.63, 3.8) is 0 Å². The highest BCUT2D eigenvalue weighted by molar-refractivity contribution is 7.91. The van der Waals surface area contributed by atoms with Crippen molar-refractivity contribution >= 4 is 21.4 Å². The summed E-state index contributed by atoms with van der Waals surface area (Å²) in [6, 6.07) is 4.62. The van der Waals surface area contributed by atoms with E-state index >= 15 is 0 Å². The van der Waals surface area contributed by atoms with E-state index in [4.69, 9.17) is 0 Å². The fourth-order valence-corrected chi connectivity index (χ4v) is 4.40. The predicted molar refractivity (Wildman–Crippen MR) is 87.1 cm³/mol. The van der Waals surface area contributed by atoms with Crippen LogP contribution in [0.15, 0.2) is 16.3 Å². The Bertz CT molecular complexity index is 550. The smallest absolute Gasteiger partial charge is 0.250 e. The number of hydrogen-bond acceptors (Lipinski definition) is 5. The minimum absolute atomic E-state index is 0.392. The van der Waals surface area contributed by atoms with E-state index in [1.54, 1.807) is 6.07 Å². The van der Waals surface area contributed by atoms with Crippen LogP contribution in [0.2, 0.25) is 0 Å². The van der Waals surface area contributed by atoms with Gasteiger partial charge in [-0.15, -0.1) is 11.3 Å². The van der Waals surface area contributed by atoms with Crippen molar-refractivity contribution in [3.05, 3.63) is 17.0 Å². The molecular weight excluding hydrogens is 306 g/mol. The summed E-state index contributed by atoms with van der Waals surface area (Å²) in [7, 11) is -1.32. The Kier molecular flexibility index (Phi) is 5.79. The van der Waals surface area contributed by atoms with Crippen LogP contribution in [-0.4, -0.2) is 45.5 Å². The van der Waals surface area contributed by atoms with E-state index in [1.165, 1.54) is 24.2 Å². The number of hydrogen-bond donors (Lipinski definition) is 2. The molecule has 2 N–H and O–H groups in total. The average molecular weight is 332 g/mol. The van der Waals surface area contributed by atoms with Crippen LogP contribution in [0.1, 0.15) is 31.6 Å². The molecule has 0 saturated heterocycles. The molecule has 1 aliphatic carbocycles. The zero-order valence-corrected chi connectivity index (χ0v) is 14.6. The van der Waals surface area contributed by atoms with Gasteiger partial charge in [-0.3, -0.25) is 0 Å². The van der Waals surface area contributed by atoms with Crippen LogP contribution in [0.4, 0.5) is 0 Å². The van der Waals surface area contributed by atoms with Gasteiger partial charge >= 0.3 is 0 Å². The van der Waals surface area contributed by atoms with Crippen LogP contribution < -0.4 is 10.0 Å². The molecule has 0 aliphatic heterocycles. The maximum atomic E-state index is 12.2. The third kappa shape index (κ3) is 5.34. The van der Waals surface area contributed by atoms with Gasteiger partial charge in [0.15, 0.2) is 0 Å². The minimum atomic E-state index is -3.36. The quantitative estimate of drug-likeness (QED) is 0.722. The summed E-state index contributed by atoms with van der Waals surface area (Å²) in [6.45, 7) is 6.08. The number of thiophene rings is 1. The average Bonchev–Trinajstić information content (AvgIpc) is 3.14. The van der Waals surface area contributed by atoms with Gasteiger partial charge in [-0.25, -0.2) is 13.1 Å². The second kappa shape index (κ2) is 7.19. The summed E-state index contributed by atoms with van der Waals surface area (Å²) in [6.07, 6.45) is 2.47. The van der Waals surface area contributed by atoms with Gasteiger partial charge in [0.05, 0.1) is 0 Å². The van der Waals surface area contributed by atoms with Gasteiger partial charge in [0.2, 0.25) is 10.0 Å². The Balaban J connectivity index is 1.83. The third-order valence-corrected chi connectivity index (χ3v) is 6.55. The first-order valence-corrected chi connectivity index (χ1v) is 9.70. The van der Waals surface area contributed by atoms with Crippen molar-refractivity contribution in [1.29, 1.82) is 0 Å². The molecule has 0 radical (unpaired) electrons. The molecule has 0 spiro atoms. The first kappa shape index (κ1) is 16.9. The van der Waals surface area contributed by atoms with E-state index in [0.717, 1.165) is 11.4 Å². The third-order valence-electron chi connectivity index (χ3n) is 3.51. The summed E-state index contributed by atoms with van der Waals surface area (Å²) in [5, 5.41) is 3.29. The van der Waals surface area contributed by atoms with E-state index < -0.39 is 10.0 Å². The highest BCUT2D eigenvalue weighted by atomic mass is 32.2. The van der Waals surface area contributed by atoms with Gasteiger partial charge in [-0.05, 0) is 32.0 Å². The molecule has 1 aromatic rings. The van der Waals surface area contributed by atoms with E-state index in [0.29, 0.717) is 29.4 Å². The topological polar surface area (TPSA) is 61.4 Å². The van der Waals surface area contributed by atoms with Gasteiger partial charge in [-0.1, -0.05) is 13.8 Å². The summed E-state index contributed by atoms with van der Waals surface area (Å²) in [4.78, 5) is 3.26. The lowest BCUT2D eigenvalue weighted by Crippen LogP contribution is -2.33. The van der Waals surface area contributed by atoms with Crippen LogP contribution in [0.5, 0.6) is 0 Å². The molecular formula is C14H25N3O2S2. The molecule has 2 rings (SSSR count). The number of nitrogens with one attached hydrogen (secondary N) is 2. The molecule has 1 aliphatic rings. The molecule has 0 amide bonds. The Hall–Kier alpha value is -0.470. The number of rotatable bonds is 9. The molecule has 0 aromatic carbocycles. The lowest BCUT2D eigenvalue weighted by atomic mass is 10.4. The van der Waals surface area contributed by atoms with Crippen molar-refractivity contribution in [2.75, 3.05) is 20.1 Å². The molecule has 21 heavy (non-hydrogen) atoms. The zero-order valence-electron chi connectivity index (χ0n) is 12.9. The van der Waals surface area contributed by atoms with E-state index in [9.17, 15) is 8.42 Å². The number of nitrogens with zero attached hydrogens (tertiary/aromatic N) is 1. The minimum Gasteiger partial charge on any atom is -0.310 e. The van der Waals surface area contributed by atoms with Gasteiger partial charge in [0, 0.05) is 36.6 Å². The molecule has 1 heterocycles. The second-order valence-corrected chi connectivity index (χ2v) is 9.03. The Morgan fingerprint density at radius 2 is 2.10 bits per heavy atom. The lowest BCUT2D eigenvalue weighted by molar-refractivity contribution is 0.329. The number of sulfonamides is 1. The molecule has 0 unspecified atom stereocenters. The molecule has 7 heteroatoms. The molecule has 0 atom stereocenters. The van der Waals surface area contributed by atoms with Gasteiger partial charge in [-0.2, -0.15) is 0 Å².